The Morgan fingerprint density at radius 2 is 2.05 bits per heavy atom. The molecule has 0 radical (unpaired) electrons. The highest BCUT2D eigenvalue weighted by atomic mass is 79.9. The fraction of sp³-hybridized carbons (Fsp3) is 0.200. The topological polar surface area (TPSA) is 21.3 Å². The molecule has 0 saturated heterocycles. The highest BCUT2D eigenvalue weighted by molar-refractivity contribution is 9.10. The molecule has 106 valence electrons. The molecule has 0 bridgehead atoms. The van der Waals surface area contributed by atoms with E-state index in [0.29, 0.717) is 22.9 Å². The molecule has 0 amide bonds. The third-order valence-corrected chi connectivity index (χ3v) is 4.04. The van der Waals surface area contributed by atoms with Crippen LogP contribution in [0.25, 0.3) is 0 Å². The average Bonchev–Trinajstić information content (AvgIpc) is 2.42. The maximum atomic E-state index is 13.8. The molecule has 0 unspecified atom stereocenters. The Bertz CT molecular complexity index is 634. The lowest BCUT2D eigenvalue weighted by atomic mass is 10.2. The predicted molar refractivity (Wildman–Crippen MR) is 84.2 cm³/mol. The van der Waals surface area contributed by atoms with Crippen molar-refractivity contribution in [3.8, 4) is 5.75 Å². The minimum Gasteiger partial charge on any atom is -0.497 e. The third kappa shape index (κ3) is 3.44. The number of anilines is 1. The van der Waals surface area contributed by atoms with Gasteiger partial charge >= 0.3 is 0 Å². The normalized spacial score (nSPS) is 10.4. The first-order valence-corrected chi connectivity index (χ1v) is 7.20. The molecule has 0 atom stereocenters. The van der Waals surface area contributed by atoms with Crippen LogP contribution in [0.5, 0.6) is 5.75 Å². The van der Waals surface area contributed by atoms with Crippen molar-refractivity contribution >= 4 is 33.2 Å². The van der Waals surface area contributed by atoms with Crippen LogP contribution in [0.15, 0.2) is 34.8 Å². The van der Waals surface area contributed by atoms with E-state index in [4.69, 9.17) is 16.3 Å². The summed E-state index contributed by atoms with van der Waals surface area (Å²) in [6.07, 6.45) is 0. The molecule has 0 aromatic heterocycles. The Balaban J connectivity index is 2.15. The molecular weight excluding hydrogens is 345 g/mol. The minimum absolute atomic E-state index is 0.300. The number of ether oxygens (including phenoxy) is 1. The van der Waals surface area contributed by atoms with Crippen molar-refractivity contribution in [3.63, 3.8) is 0 Å². The first kappa shape index (κ1) is 15.1. The van der Waals surface area contributed by atoms with Crippen molar-refractivity contribution in [2.75, 3.05) is 12.4 Å². The summed E-state index contributed by atoms with van der Waals surface area (Å²) in [6.45, 7) is 2.30. The summed E-state index contributed by atoms with van der Waals surface area (Å²) in [7, 11) is 1.51. The predicted octanol–water partition coefficient (Wildman–Crippen LogP) is 5.17. The van der Waals surface area contributed by atoms with Crippen LogP contribution in [0.3, 0.4) is 0 Å². The van der Waals surface area contributed by atoms with Crippen LogP contribution in [0.2, 0.25) is 5.02 Å². The maximum Gasteiger partial charge on any atom is 0.131 e. The fourth-order valence-corrected chi connectivity index (χ4v) is 2.53. The largest absolute Gasteiger partial charge is 0.497 e. The van der Waals surface area contributed by atoms with Crippen LogP contribution < -0.4 is 10.1 Å². The molecule has 1 N–H and O–H groups in total. The van der Waals surface area contributed by atoms with Gasteiger partial charge in [-0.15, -0.1) is 0 Å². The summed E-state index contributed by atoms with van der Waals surface area (Å²) in [5, 5.41) is 3.84. The molecule has 0 aliphatic rings. The lowest BCUT2D eigenvalue weighted by Crippen LogP contribution is -2.03. The number of benzene rings is 2. The molecular formula is C15H14BrClFNO. The van der Waals surface area contributed by atoms with Gasteiger partial charge in [-0.05, 0) is 46.6 Å². The van der Waals surface area contributed by atoms with E-state index in [0.717, 1.165) is 15.7 Å². The van der Waals surface area contributed by atoms with Crippen molar-refractivity contribution in [1.29, 1.82) is 0 Å². The van der Waals surface area contributed by atoms with Crippen LogP contribution >= 0.6 is 27.5 Å². The fourth-order valence-electron chi connectivity index (χ4n) is 1.77. The molecule has 0 fully saturated rings. The van der Waals surface area contributed by atoms with Gasteiger partial charge in [0.1, 0.15) is 11.6 Å². The second-order valence-electron chi connectivity index (χ2n) is 4.39. The average molecular weight is 359 g/mol. The number of methoxy groups -OCH3 is 1. The van der Waals surface area contributed by atoms with E-state index in [2.05, 4.69) is 21.2 Å². The molecule has 2 aromatic rings. The van der Waals surface area contributed by atoms with Gasteiger partial charge in [-0.3, -0.25) is 0 Å². The van der Waals surface area contributed by atoms with E-state index in [1.807, 2.05) is 19.1 Å². The van der Waals surface area contributed by atoms with E-state index in [1.54, 1.807) is 12.1 Å². The Hall–Kier alpha value is -1.26. The van der Waals surface area contributed by atoms with Gasteiger partial charge in [-0.2, -0.15) is 0 Å². The highest BCUT2D eigenvalue weighted by Crippen LogP contribution is 2.29. The molecule has 0 aliphatic carbocycles. The molecule has 0 aliphatic heterocycles. The summed E-state index contributed by atoms with van der Waals surface area (Å²) in [4.78, 5) is 0. The maximum absolute atomic E-state index is 13.8. The van der Waals surface area contributed by atoms with Crippen molar-refractivity contribution in [2.45, 2.75) is 13.5 Å². The number of aryl methyl sites for hydroxylation is 1. The van der Waals surface area contributed by atoms with Crippen molar-refractivity contribution in [1.82, 2.24) is 0 Å². The van der Waals surface area contributed by atoms with Crippen LogP contribution in [0, 0.1) is 12.7 Å². The quantitative estimate of drug-likeness (QED) is 0.814. The lowest BCUT2D eigenvalue weighted by molar-refractivity contribution is 0.411. The number of hydrogen-bond donors (Lipinski definition) is 1. The van der Waals surface area contributed by atoms with Gasteiger partial charge in [0.25, 0.3) is 0 Å². The molecule has 0 heterocycles. The number of rotatable bonds is 4. The smallest absolute Gasteiger partial charge is 0.131 e. The third-order valence-electron chi connectivity index (χ3n) is 2.98. The second-order valence-corrected chi connectivity index (χ2v) is 5.65. The van der Waals surface area contributed by atoms with Crippen LogP contribution in [0.1, 0.15) is 11.1 Å². The van der Waals surface area contributed by atoms with E-state index < -0.39 is 0 Å². The SMILES string of the molecule is COc1ccc(CNc2cc(Cl)c(C)cc2Br)c(F)c1. The molecule has 2 aromatic carbocycles. The molecule has 2 rings (SSSR count). The summed E-state index contributed by atoms with van der Waals surface area (Å²) in [5.41, 5.74) is 2.38. The minimum atomic E-state index is -0.300. The molecule has 0 saturated carbocycles. The first-order chi connectivity index (χ1) is 9.51. The Morgan fingerprint density at radius 3 is 2.70 bits per heavy atom. The van der Waals surface area contributed by atoms with E-state index >= 15 is 0 Å². The van der Waals surface area contributed by atoms with Gasteiger partial charge in [-0.1, -0.05) is 17.7 Å². The Kier molecular flexibility index (Phi) is 4.89. The summed E-state index contributed by atoms with van der Waals surface area (Å²) >= 11 is 9.55. The highest BCUT2D eigenvalue weighted by Gasteiger charge is 2.07. The van der Waals surface area contributed by atoms with Crippen LogP contribution in [-0.4, -0.2) is 7.11 Å². The van der Waals surface area contributed by atoms with Gasteiger partial charge in [0, 0.05) is 27.7 Å². The summed E-state index contributed by atoms with van der Waals surface area (Å²) in [5.74, 6) is 0.206. The zero-order chi connectivity index (χ0) is 14.7. The zero-order valence-electron chi connectivity index (χ0n) is 11.1. The van der Waals surface area contributed by atoms with Crippen molar-refractivity contribution in [3.05, 3.63) is 56.8 Å². The van der Waals surface area contributed by atoms with Crippen LogP contribution in [-0.2, 0) is 6.54 Å². The van der Waals surface area contributed by atoms with Gasteiger partial charge in [-0.25, -0.2) is 4.39 Å². The van der Waals surface area contributed by atoms with Gasteiger partial charge in [0.2, 0.25) is 0 Å². The zero-order valence-corrected chi connectivity index (χ0v) is 13.5. The standard InChI is InChI=1S/C15H14BrClFNO/c1-9-5-12(16)15(7-13(9)17)19-8-10-3-4-11(20-2)6-14(10)18/h3-7,19H,8H2,1-2H3. The molecule has 0 spiro atoms. The van der Waals surface area contributed by atoms with E-state index in [1.165, 1.54) is 13.2 Å². The monoisotopic (exact) mass is 357 g/mol. The van der Waals surface area contributed by atoms with Crippen molar-refractivity contribution < 1.29 is 9.13 Å². The summed E-state index contributed by atoms with van der Waals surface area (Å²) < 4.78 is 19.7. The lowest BCUT2D eigenvalue weighted by Gasteiger charge is -2.11. The Labute approximate surface area is 131 Å². The van der Waals surface area contributed by atoms with Gasteiger partial charge in [0.05, 0.1) is 12.8 Å². The molecule has 2 nitrogen and oxygen atoms in total. The first-order valence-electron chi connectivity index (χ1n) is 6.03. The van der Waals surface area contributed by atoms with Gasteiger partial charge < -0.3 is 10.1 Å². The number of halogens is 3. The van der Waals surface area contributed by atoms with Crippen LogP contribution in [0.4, 0.5) is 10.1 Å². The Morgan fingerprint density at radius 1 is 1.30 bits per heavy atom. The summed E-state index contributed by atoms with van der Waals surface area (Å²) in [6, 6.07) is 8.55. The van der Waals surface area contributed by atoms with E-state index in [9.17, 15) is 4.39 Å². The molecule has 5 heteroatoms. The number of nitrogens with one attached hydrogen (secondary N) is 1. The second kappa shape index (κ2) is 6.46. The number of hydrogen-bond acceptors (Lipinski definition) is 2. The van der Waals surface area contributed by atoms with Gasteiger partial charge in [0.15, 0.2) is 0 Å². The van der Waals surface area contributed by atoms with E-state index in [-0.39, 0.29) is 5.82 Å². The van der Waals surface area contributed by atoms with Crippen molar-refractivity contribution in [2.24, 2.45) is 0 Å². The molecule has 20 heavy (non-hydrogen) atoms.